The fourth-order valence-corrected chi connectivity index (χ4v) is 4.04. The summed E-state index contributed by atoms with van der Waals surface area (Å²) < 4.78 is 5.04. The van der Waals surface area contributed by atoms with Gasteiger partial charge in [0.2, 0.25) is 0 Å². The Morgan fingerprint density at radius 2 is 1.90 bits per heavy atom. The van der Waals surface area contributed by atoms with Crippen molar-refractivity contribution in [2.75, 3.05) is 0 Å². The van der Waals surface area contributed by atoms with Crippen LogP contribution in [0.3, 0.4) is 0 Å². The Morgan fingerprint density at radius 3 is 2.52 bits per heavy atom. The molecule has 0 spiro atoms. The number of pyridine rings is 1. The molecule has 4 nitrogen and oxygen atoms in total. The predicted molar refractivity (Wildman–Crippen MR) is 121 cm³/mol. The first-order valence-corrected chi connectivity index (χ1v) is 10.8. The van der Waals surface area contributed by atoms with E-state index in [4.69, 9.17) is 14.9 Å². The van der Waals surface area contributed by atoms with Crippen molar-refractivity contribution in [1.82, 2.24) is 4.98 Å². The van der Waals surface area contributed by atoms with Crippen molar-refractivity contribution in [2.45, 2.75) is 46.4 Å². The molecule has 5 heteroatoms. The van der Waals surface area contributed by atoms with E-state index in [0.29, 0.717) is 18.2 Å². The first-order chi connectivity index (χ1) is 13.9. The SMILES string of the molecule is CC(=O)OSCc1ccc2nc(CC(C)C)c(CN)c(-c3ccc(C)cc3)c2c1. The highest BCUT2D eigenvalue weighted by atomic mass is 32.2. The van der Waals surface area contributed by atoms with E-state index < -0.39 is 0 Å². The summed E-state index contributed by atoms with van der Waals surface area (Å²) in [5, 5.41) is 1.09. The number of fused-ring (bicyclic) bond motifs is 1. The smallest absolute Gasteiger partial charge is 0.314 e. The van der Waals surface area contributed by atoms with Crippen LogP contribution in [-0.4, -0.2) is 11.0 Å². The Hall–Kier alpha value is -2.37. The summed E-state index contributed by atoms with van der Waals surface area (Å²) in [4.78, 5) is 16.0. The van der Waals surface area contributed by atoms with Gasteiger partial charge < -0.3 is 9.92 Å². The molecule has 2 aromatic carbocycles. The predicted octanol–water partition coefficient (Wildman–Crippen LogP) is 5.58. The number of hydrogen-bond donors (Lipinski definition) is 1. The van der Waals surface area contributed by atoms with Gasteiger partial charge >= 0.3 is 5.97 Å². The van der Waals surface area contributed by atoms with Gasteiger partial charge in [0, 0.05) is 24.5 Å². The van der Waals surface area contributed by atoms with E-state index in [1.165, 1.54) is 12.5 Å². The maximum atomic E-state index is 11.1. The molecule has 0 radical (unpaired) electrons. The number of hydrogen-bond acceptors (Lipinski definition) is 5. The average Bonchev–Trinajstić information content (AvgIpc) is 2.67. The Bertz CT molecular complexity index is 1010. The van der Waals surface area contributed by atoms with Crippen molar-refractivity contribution < 1.29 is 8.98 Å². The molecule has 29 heavy (non-hydrogen) atoms. The van der Waals surface area contributed by atoms with Crippen LogP contribution in [0.15, 0.2) is 42.5 Å². The summed E-state index contributed by atoms with van der Waals surface area (Å²) in [6, 6.07) is 14.8. The molecular formula is C24H28N2O2S. The lowest BCUT2D eigenvalue weighted by Crippen LogP contribution is -2.10. The fourth-order valence-electron chi connectivity index (χ4n) is 3.50. The summed E-state index contributed by atoms with van der Waals surface area (Å²) in [5.74, 6) is 0.797. The minimum Gasteiger partial charge on any atom is -0.391 e. The number of nitrogens with zero attached hydrogens (tertiary/aromatic N) is 1. The van der Waals surface area contributed by atoms with Gasteiger partial charge in [-0.2, -0.15) is 0 Å². The maximum absolute atomic E-state index is 11.1. The highest BCUT2D eigenvalue weighted by Crippen LogP contribution is 2.35. The molecule has 2 N–H and O–H groups in total. The van der Waals surface area contributed by atoms with Crippen molar-refractivity contribution in [1.29, 1.82) is 0 Å². The number of carbonyl (C=O) groups excluding carboxylic acids is 1. The van der Waals surface area contributed by atoms with Gasteiger partial charge in [-0.05, 0) is 53.6 Å². The van der Waals surface area contributed by atoms with Crippen LogP contribution < -0.4 is 5.73 Å². The van der Waals surface area contributed by atoms with Gasteiger partial charge in [-0.25, -0.2) is 0 Å². The molecular weight excluding hydrogens is 380 g/mol. The maximum Gasteiger partial charge on any atom is 0.314 e. The number of aryl methyl sites for hydroxylation is 1. The fraction of sp³-hybridized carbons (Fsp3) is 0.333. The van der Waals surface area contributed by atoms with E-state index in [1.807, 2.05) is 6.07 Å². The van der Waals surface area contributed by atoms with E-state index in [0.717, 1.165) is 57.3 Å². The molecule has 0 saturated heterocycles. The molecule has 0 aliphatic rings. The molecule has 152 valence electrons. The van der Waals surface area contributed by atoms with Gasteiger partial charge in [-0.3, -0.25) is 9.78 Å². The van der Waals surface area contributed by atoms with E-state index in [2.05, 4.69) is 57.2 Å². The summed E-state index contributed by atoms with van der Waals surface area (Å²) in [6.45, 7) is 8.35. The third-order valence-corrected chi connectivity index (χ3v) is 5.59. The van der Waals surface area contributed by atoms with Crippen LogP contribution in [-0.2, 0) is 27.7 Å². The average molecular weight is 409 g/mol. The topological polar surface area (TPSA) is 65.2 Å². The Labute approximate surface area is 177 Å². The number of rotatable bonds is 7. The molecule has 0 aliphatic heterocycles. The van der Waals surface area contributed by atoms with E-state index in [1.54, 1.807) is 0 Å². The summed E-state index contributed by atoms with van der Waals surface area (Å²) in [5.41, 5.74) is 14.0. The quantitative estimate of drug-likeness (QED) is 0.517. The molecule has 1 aromatic heterocycles. The van der Waals surface area contributed by atoms with Gasteiger partial charge in [0.1, 0.15) is 0 Å². The monoisotopic (exact) mass is 408 g/mol. The largest absolute Gasteiger partial charge is 0.391 e. The van der Waals surface area contributed by atoms with Crippen LogP contribution in [0, 0.1) is 12.8 Å². The first kappa shape index (κ1) is 21.3. The highest BCUT2D eigenvalue weighted by molar-refractivity contribution is 7.94. The van der Waals surface area contributed by atoms with Gasteiger partial charge in [-0.1, -0.05) is 49.7 Å². The van der Waals surface area contributed by atoms with Crippen LogP contribution in [0.2, 0.25) is 0 Å². The van der Waals surface area contributed by atoms with Gasteiger partial charge in [0.15, 0.2) is 0 Å². The van der Waals surface area contributed by atoms with E-state index >= 15 is 0 Å². The third-order valence-electron chi connectivity index (χ3n) is 4.78. The second-order valence-corrected chi connectivity index (χ2v) is 8.46. The highest BCUT2D eigenvalue weighted by Gasteiger charge is 2.17. The molecule has 0 unspecified atom stereocenters. The zero-order valence-corrected chi connectivity index (χ0v) is 18.3. The molecule has 0 amide bonds. The molecule has 0 fully saturated rings. The van der Waals surface area contributed by atoms with Crippen molar-refractivity contribution in [3.8, 4) is 11.1 Å². The minimum atomic E-state index is -0.290. The van der Waals surface area contributed by atoms with Crippen LogP contribution >= 0.6 is 12.0 Å². The second-order valence-electron chi connectivity index (χ2n) is 7.77. The van der Waals surface area contributed by atoms with E-state index in [9.17, 15) is 4.79 Å². The molecule has 1 heterocycles. The number of carbonyl (C=O) groups is 1. The molecule has 3 aromatic rings. The van der Waals surface area contributed by atoms with Gasteiger partial charge in [-0.15, -0.1) is 0 Å². The summed E-state index contributed by atoms with van der Waals surface area (Å²) in [7, 11) is 0. The van der Waals surface area contributed by atoms with Gasteiger partial charge in [0.25, 0.3) is 0 Å². The Balaban J connectivity index is 2.18. The lowest BCUT2D eigenvalue weighted by Gasteiger charge is -2.18. The standard InChI is InChI=1S/C24H28N2O2S/c1-15(2)11-23-21(13-25)24(19-8-5-16(3)6-9-19)20-12-18(7-10-22(20)26-23)14-29-28-17(4)27/h5-10,12,15H,11,13-14,25H2,1-4H3. The lowest BCUT2D eigenvalue weighted by atomic mass is 9.90. The number of nitrogens with two attached hydrogens (primary N) is 1. The summed E-state index contributed by atoms with van der Waals surface area (Å²) >= 11 is 1.15. The normalized spacial score (nSPS) is 11.2. The molecule has 0 atom stereocenters. The van der Waals surface area contributed by atoms with Crippen LogP contribution in [0.25, 0.3) is 22.0 Å². The second kappa shape index (κ2) is 9.42. The van der Waals surface area contributed by atoms with E-state index in [-0.39, 0.29) is 5.97 Å². The molecule has 3 rings (SSSR count). The molecule has 0 saturated carbocycles. The third kappa shape index (κ3) is 5.17. The van der Waals surface area contributed by atoms with Crippen molar-refractivity contribution >= 4 is 28.9 Å². The van der Waals surface area contributed by atoms with Gasteiger partial charge in [0.05, 0.1) is 23.3 Å². The van der Waals surface area contributed by atoms with Crippen molar-refractivity contribution in [3.05, 3.63) is 64.8 Å². The van der Waals surface area contributed by atoms with Crippen LogP contribution in [0.4, 0.5) is 0 Å². The zero-order valence-electron chi connectivity index (χ0n) is 17.5. The first-order valence-electron chi connectivity index (χ1n) is 9.90. The molecule has 0 bridgehead atoms. The summed E-state index contributed by atoms with van der Waals surface area (Å²) in [6.07, 6.45) is 0.894. The van der Waals surface area contributed by atoms with Crippen molar-refractivity contribution in [2.24, 2.45) is 11.7 Å². The Morgan fingerprint density at radius 1 is 1.17 bits per heavy atom. The number of benzene rings is 2. The lowest BCUT2D eigenvalue weighted by molar-refractivity contribution is -0.130. The Kier molecular flexibility index (Phi) is 6.93. The number of aromatic nitrogens is 1. The molecule has 0 aliphatic carbocycles. The zero-order chi connectivity index (χ0) is 21.0. The van der Waals surface area contributed by atoms with Crippen LogP contribution in [0.5, 0.6) is 0 Å². The van der Waals surface area contributed by atoms with Crippen LogP contribution in [0.1, 0.15) is 43.2 Å². The minimum absolute atomic E-state index is 0.290. The van der Waals surface area contributed by atoms with Crippen molar-refractivity contribution in [3.63, 3.8) is 0 Å².